The molecule has 2 aromatic rings. The number of aryl methyl sites for hydroxylation is 2. The lowest BCUT2D eigenvalue weighted by atomic mass is 10.2. The Balaban J connectivity index is 1.47. The van der Waals surface area contributed by atoms with E-state index < -0.39 is 0 Å². The maximum atomic E-state index is 12.4. The highest BCUT2D eigenvalue weighted by molar-refractivity contribution is 5.94. The number of piperazine rings is 1. The van der Waals surface area contributed by atoms with E-state index >= 15 is 0 Å². The molecule has 3 heterocycles. The predicted octanol–water partition coefficient (Wildman–Crippen LogP) is 0.690. The van der Waals surface area contributed by atoms with Gasteiger partial charge in [0.2, 0.25) is 17.7 Å². The maximum absolute atomic E-state index is 12.4. The number of carbonyl (C=O) groups is 2. The van der Waals surface area contributed by atoms with Crippen LogP contribution in [-0.4, -0.2) is 63.0 Å². The Kier molecular flexibility index (Phi) is 4.83. The van der Waals surface area contributed by atoms with E-state index in [9.17, 15) is 9.59 Å². The zero-order chi connectivity index (χ0) is 16.9. The number of amides is 2. The Morgan fingerprint density at radius 2 is 1.75 bits per heavy atom. The summed E-state index contributed by atoms with van der Waals surface area (Å²) in [4.78, 5) is 32.1. The summed E-state index contributed by atoms with van der Waals surface area (Å²) in [5.74, 6) is 1.00. The van der Waals surface area contributed by atoms with Crippen LogP contribution in [0.5, 0.6) is 0 Å². The Bertz CT molecular complexity index is 708. The van der Waals surface area contributed by atoms with E-state index in [2.05, 4.69) is 15.2 Å². The van der Waals surface area contributed by atoms with E-state index in [1.165, 1.54) is 0 Å². The summed E-state index contributed by atoms with van der Waals surface area (Å²) in [7, 11) is 0. The number of rotatable bonds is 4. The number of pyridine rings is 1. The highest BCUT2D eigenvalue weighted by Gasteiger charge is 2.24. The topological polar surface area (TPSA) is 92.4 Å². The number of aromatic nitrogens is 3. The van der Waals surface area contributed by atoms with Gasteiger partial charge in [0.1, 0.15) is 0 Å². The van der Waals surface area contributed by atoms with Crippen molar-refractivity contribution in [1.29, 1.82) is 0 Å². The molecule has 0 radical (unpaired) electrons. The predicted molar refractivity (Wildman–Crippen MR) is 84.1 cm³/mol. The number of nitrogens with zero attached hydrogens (tertiary/aromatic N) is 5. The second-order valence-electron chi connectivity index (χ2n) is 5.62. The first-order valence-electron chi connectivity index (χ1n) is 7.89. The molecule has 8 heteroatoms. The van der Waals surface area contributed by atoms with Gasteiger partial charge in [0, 0.05) is 63.9 Å². The van der Waals surface area contributed by atoms with Gasteiger partial charge >= 0.3 is 0 Å². The molecule has 0 atom stereocenters. The Hall–Kier alpha value is -2.77. The van der Waals surface area contributed by atoms with Crippen molar-refractivity contribution in [2.75, 3.05) is 26.2 Å². The third-order valence-corrected chi connectivity index (χ3v) is 3.97. The Labute approximate surface area is 139 Å². The monoisotopic (exact) mass is 329 g/mol. The molecular formula is C16H19N5O3. The number of hydrogen-bond acceptors (Lipinski definition) is 6. The van der Waals surface area contributed by atoms with Gasteiger partial charge in [0.05, 0.1) is 0 Å². The molecule has 1 fully saturated rings. The molecule has 8 nitrogen and oxygen atoms in total. The second kappa shape index (κ2) is 7.20. The van der Waals surface area contributed by atoms with Crippen molar-refractivity contribution in [3.05, 3.63) is 41.9 Å². The van der Waals surface area contributed by atoms with Crippen LogP contribution in [0.1, 0.15) is 28.6 Å². The molecule has 1 aliphatic rings. The molecule has 0 aromatic carbocycles. The van der Waals surface area contributed by atoms with E-state index in [1.54, 1.807) is 41.2 Å². The van der Waals surface area contributed by atoms with Gasteiger partial charge < -0.3 is 14.2 Å². The van der Waals surface area contributed by atoms with Gasteiger partial charge in [-0.2, -0.15) is 0 Å². The zero-order valence-electron chi connectivity index (χ0n) is 13.5. The normalized spacial score (nSPS) is 14.7. The Morgan fingerprint density at radius 1 is 1.08 bits per heavy atom. The first-order valence-corrected chi connectivity index (χ1v) is 7.89. The van der Waals surface area contributed by atoms with Crippen molar-refractivity contribution < 1.29 is 14.0 Å². The molecule has 1 saturated heterocycles. The van der Waals surface area contributed by atoms with Gasteiger partial charge in [-0.05, 0) is 12.1 Å². The molecule has 0 aliphatic carbocycles. The van der Waals surface area contributed by atoms with Crippen molar-refractivity contribution in [1.82, 2.24) is 25.0 Å². The lowest BCUT2D eigenvalue weighted by Crippen LogP contribution is -2.50. The Morgan fingerprint density at radius 3 is 2.38 bits per heavy atom. The third-order valence-electron chi connectivity index (χ3n) is 3.97. The zero-order valence-corrected chi connectivity index (χ0v) is 13.5. The lowest BCUT2D eigenvalue weighted by Gasteiger charge is -2.34. The van der Waals surface area contributed by atoms with Crippen molar-refractivity contribution in [3.8, 4) is 0 Å². The maximum Gasteiger partial charge on any atom is 0.254 e. The first-order chi connectivity index (χ1) is 11.6. The molecule has 0 spiro atoms. The minimum absolute atomic E-state index is 0.0224. The van der Waals surface area contributed by atoms with E-state index in [-0.39, 0.29) is 11.8 Å². The molecule has 0 N–H and O–H groups in total. The fraction of sp³-hybridized carbons (Fsp3) is 0.438. The fourth-order valence-corrected chi connectivity index (χ4v) is 2.65. The molecule has 0 saturated carbocycles. The molecule has 3 rings (SSSR count). The van der Waals surface area contributed by atoms with Gasteiger partial charge in [-0.3, -0.25) is 14.6 Å². The smallest absolute Gasteiger partial charge is 0.254 e. The quantitative estimate of drug-likeness (QED) is 0.819. The van der Waals surface area contributed by atoms with E-state index in [1.807, 2.05) is 0 Å². The summed E-state index contributed by atoms with van der Waals surface area (Å²) in [5.41, 5.74) is 0.622. The largest absolute Gasteiger partial charge is 0.426 e. The van der Waals surface area contributed by atoms with Crippen LogP contribution in [0.15, 0.2) is 28.9 Å². The van der Waals surface area contributed by atoms with Crippen LogP contribution in [0, 0.1) is 6.92 Å². The highest BCUT2D eigenvalue weighted by atomic mass is 16.4. The van der Waals surface area contributed by atoms with Gasteiger partial charge in [-0.25, -0.2) is 0 Å². The molecule has 0 unspecified atom stereocenters. The summed E-state index contributed by atoms with van der Waals surface area (Å²) < 4.78 is 5.27. The average molecular weight is 329 g/mol. The molecule has 1 aliphatic heterocycles. The van der Waals surface area contributed by atoms with Crippen LogP contribution < -0.4 is 0 Å². The summed E-state index contributed by atoms with van der Waals surface area (Å²) in [5, 5.41) is 7.63. The molecule has 126 valence electrons. The van der Waals surface area contributed by atoms with E-state index in [0.29, 0.717) is 56.4 Å². The average Bonchev–Trinajstić information content (AvgIpc) is 3.05. The van der Waals surface area contributed by atoms with Crippen LogP contribution in [0.2, 0.25) is 0 Å². The molecule has 2 aromatic heterocycles. The standard InChI is InChI=1S/C16H19N5O3/c1-12-18-19-14(24-12)2-3-15(22)20-8-10-21(11-9-20)16(23)13-4-6-17-7-5-13/h4-7H,2-3,8-11H2,1H3. The summed E-state index contributed by atoms with van der Waals surface area (Å²) in [6, 6.07) is 3.40. The summed E-state index contributed by atoms with van der Waals surface area (Å²) in [6.45, 7) is 3.87. The van der Waals surface area contributed by atoms with Crippen LogP contribution >= 0.6 is 0 Å². The molecule has 2 amide bonds. The molecule has 24 heavy (non-hydrogen) atoms. The van der Waals surface area contributed by atoms with Crippen molar-refractivity contribution in [2.24, 2.45) is 0 Å². The summed E-state index contributed by atoms with van der Waals surface area (Å²) in [6.07, 6.45) is 3.98. The van der Waals surface area contributed by atoms with Crippen LogP contribution in [0.4, 0.5) is 0 Å². The van der Waals surface area contributed by atoms with E-state index in [4.69, 9.17) is 4.42 Å². The third kappa shape index (κ3) is 3.76. The van der Waals surface area contributed by atoms with Gasteiger partial charge in [0.15, 0.2) is 0 Å². The first kappa shape index (κ1) is 16.1. The second-order valence-corrected chi connectivity index (χ2v) is 5.62. The van der Waals surface area contributed by atoms with E-state index in [0.717, 1.165) is 0 Å². The summed E-state index contributed by atoms with van der Waals surface area (Å²) >= 11 is 0. The highest BCUT2D eigenvalue weighted by Crippen LogP contribution is 2.10. The molecule has 0 bridgehead atoms. The number of hydrogen-bond donors (Lipinski definition) is 0. The SMILES string of the molecule is Cc1nnc(CCC(=O)N2CCN(C(=O)c3ccncc3)CC2)o1. The van der Waals surface area contributed by atoms with Crippen LogP contribution in [0.25, 0.3) is 0 Å². The minimum atomic E-state index is -0.0224. The van der Waals surface area contributed by atoms with Crippen molar-refractivity contribution in [2.45, 2.75) is 19.8 Å². The number of carbonyl (C=O) groups excluding carboxylic acids is 2. The van der Waals surface area contributed by atoms with Gasteiger partial charge in [-0.15, -0.1) is 10.2 Å². The van der Waals surface area contributed by atoms with Crippen LogP contribution in [0.3, 0.4) is 0 Å². The lowest BCUT2D eigenvalue weighted by molar-refractivity contribution is -0.132. The molecular weight excluding hydrogens is 310 g/mol. The van der Waals surface area contributed by atoms with Gasteiger partial charge in [0.25, 0.3) is 5.91 Å². The van der Waals surface area contributed by atoms with Crippen molar-refractivity contribution in [3.63, 3.8) is 0 Å². The van der Waals surface area contributed by atoms with Crippen molar-refractivity contribution >= 4 is 11.8 Å². The fourth-order valence-electron chi connectivity index (χ4n) is 2.65. The van der Waals surface area contributed by atoms with Gasteiger partial charge in [-0.1, -0.05) is 0 Å². The minimum Gasteiger partial charge on any atom is -0.426 e. The van der Waals surface area contributed by atoms with Crippen LogP contribution in [-0.2, 0) is 11.2 Å².